The predicted molar refractivity (Wildman–Crippen MR) is 120 cm³/mol. The summed E-state index contributed by atoms with van der Waals surface area (Å²) in [5.74, 6) is 1.36. The van der Waals surface area contributed by atoms with Crippen molar-refractivity contribution in [2.75, 3.05) is 0 Å². The van der Waals surface area contributed by atoms with Crippen molar-refractivity contribution in [3.8, 4) is 0 Å². The van der Waals surface area contributed by atoms with Gasteiger partial charge in [-0.3, -0.25) is 0 Å². The van der Waals surface area contributed by atoms with E-state index in [4.69, 9.17) is 9.47 Å². The largest absolute Gasteiger partial charge is 0.455 e. The number of aryl methyl sites for hydroxylation is 1. The average Bonchev–Trinajstić information content (AvgIpc) is 3.41. The lowest BCUT2D eigenvalue weighted by Crippen LogP contribution is -2.37. The van der Waals surface area contributed by atoms with Gasteiger partial charge in [0.2, 0.25) is 0 Å². The van der Waals surface area contributed by atoms with Gasteiger partial charge in [0.1, 0.15) is 12.2 Å². The number of rotatable bonds is 6. The molecule has 0 saturated heterocycles. The maximum absolute atomic E-state index is 12.8. The molecule has 3 aliphatic carbocycles. The Balaban J connectivity index is 1.51. The monoisotopic (exact) mass is 420 g/mol. The van der Waals surface area contributed by atoms with Crippen molar-refractivity contribution in [3.63, 3.8) is 0 Å². The van der Waals surface area contributed by atoms with Crippen LogP contribution in [0, 0.1) is 30.6 Å². The molecule has 3 saturated carbocycles. The number of hydrogen-bond donors (Lipinski definition) is 0. The standard InChI is InChI=1S/C27H32O4/c1-16(2)7-5-9-18(4)26(28)31-25-23(15-22-19-11-12-20(14-19)24(22)25)30-27(29)21-10-6-8-17(3)13-21/h5-10,13,19-20,22-25H,1,11-12,14-15H2,2-4H3/b7-5-,18-9+. The van der Waals surface area contributed by atoms with E-state index in [2.05, 4.69) is 6.58 Å². The molecule has 6 unspecified atom stereocenters. The second-order valence-electron chi connectivity index (χ2n) is 9.55. The number of carbonyl (C=O) groups is 2. The predicted octanol–water partition coefficient (Wildman–Crippen LogP) is 5.58. The molecule has 0 heterocycles. The molecule has 0 radical (unpaired) electrons. The van der Waals surface area contributed by atoms with E-state index in [1.165, 1.54) is 19.3 Å². The minimum atomic E-state index is -0.380. The lowest BCUT2D eigenvalue weighted by molar-refractivity contribution is -0.152. The maximum atomic E-state index is 12.8. The smallest absolute Gasteiger partial charge is 0.338 e. The Bertz CT molecular complexity index is 940. The van der Waals surface area contributed by atoms with Gasteiger partial charge in [0, 0.05) is 11.5 Å². The number of fused-ring (bicyclic) bond motifs is 5. The summed E-state index contributed by atoms with van der Waals surface area (Å²) < 4.78 is 12.0. The highest BCUT2D eigenvalue weighted by Gasteiger charge is 2.59. The molecule has 3 fully saturated rings. The maximum Gasteiger partial charge on any atom is 0.338 e. The molecule has 3 aliphatic rings. The Morgan fingerprint density at radius 1 is 1.10 bits per heavy atom. The molecule has 4 nitrogen and oxygen atoms in total. The van der Waals surface area contributed by atoms with Crippen molar-refractivity contribution in [2.24, 2.45) is 23.7 Å². The molecule has 0 amide bonds. The van der Waals surface area contributed by atoms with E-state index in [0.29, 0.717) is 34.8 Å². The van der Waals surface area contributed by atoms with Gasteiger partial charge in [0.15, 0.2) is 0 Å². The van der Waals surface area contributed by atoms with E-state index in [0.717, 1.165) is 17.6 Å². The zero-order valence-corrected chi connectivity index (χ0v) is 18.7. The Hall–Kier alpha value is -2.62. The molecule has 4 rings (SSSR count). The van der Waals surface area contributed by atoms with Crippen molar-refractivity contribution in [1.29, 1.82) is 0 Å². The van der Waals surface area contributed by atoms with E-state index in [-0.39, 0.29) is 24.1 Å². The normalized spacial score (nSPS) is 31.6. The van der Waals surface area contributed by atoms with Gasteiger partial charge in [-0.1, -0.05) is 48.1 Å². The van der Waals surface area contributed by atoms with Crippen molar-refractivity contribution in [2.45, 2.75) is 58.7 Å². The van der Waals surface area contributed by atoms with E-state index in [1.54, 1.807) is 19.1 Å². The molecule has 2 bridgehead atoms. The fraction of sp³-hybridized carbons (Fsp3) is 0.481. The highest BCUT2D eigenvalue weighted by atomic mass is 16.6. The van der Waals surface area contributed by atoms with Crippen LogP contribution in [-0.2, 0) is 14.3 Å². The molecule has 0 spiro atoms. The van der Waals surface area contributed by atoms with Crippen LogP contribution in [0.3, 0.4) is 0 Å². The van der Waals surface area contributed by atoms with Gasteiger partial charge in [-0.25, -0.2) is 9.59 Å². The summed E-state index contributed by atoms with van der Waals surface area (Å²) >= 11 is 0. The Morgan fingerprint density at radius 2 is 1.87 bits per heavy atom. The first-order valence-corrected chi connectivity index (χ1v) is 11.3. The number of esters is 2. The minimum absolute atomic E-state index is 0.303. The first-order chi connectivity index (χ1) is 14.8. The summed E-state index contributed by atoms with van der Waals surface area (Å²) in [5, 5.41) is 0. The fourth-order valence-electron chi connectivity index (χ4n) is 5.86. The Labute approximate surface area is 185 Å². The van der Waals surface area contributed by atoms with Crippen molar-refractivity contribution in [1.82, 2.24) is 0 Å². The van der Waals surface area contributed by atoms with Crippen LogP contribution >= 0.6 is 0 Å². The van der Waals surface area contributed by atoms with Gasteiger partial charge in [0.25, 0.3) is 0 Å². The van der Waals surface area contributed by atoms with Gasteiger partial charge in [-0.05, 0) is 76.3 Å². The molecule has 4 heteroatoms. The molecule has 31 heavy (non-hydrogen) atoms. The zero-order valence-electron chi connectivity index (χ0n) is 18.7. The number of benzene rings is 1. The molecule has 164 valence electrons. The lowest BCUT2D eigenvalue weighted by Gasteiger charge is -2.29. The second-order valence-corrected chi connectivity index (χ2v) is 9.55. The SMILES string of the molecule is C=C(C)/C=C\C=C(/C)C(=O)OC1C(OC(=O)c2cccc(C)c2)CC2C3CCC(C3)C21. The van der Waals surface area contributed by atoms with Crippen LogP contribution in [0.2, 0.25) is 0 Å². The number of ether oxygens (including phenoxy) is 2. The third kappa shape index (κ3) is 4.53. The lowest BCUT2D eigenvalue weighted by atomic mass is 9.81. The Kier molecular flexibility index (Phi) is 6.17. The summed E-state index contributed by atoms with van der Waals surface area (Å²) in [6.07, 6.45) is 9.11. The van der Waals surface area contributed by atoms with Crippen LogP contribution in [0.5, 0.6) is 0 Å². The van der Waals surface area contributed by atoms with E-state index >= 15 is 0 Å². The third-order valence-electron chi connectivity index (χ3n) is 7.21. The summed E-state index contributed by atoms with van der Waals surface area (Å²) in [6, 6.07) is 7.43. The van der Waals surface area contributed by atoms with Gasteiger partial charge in [-0.15, -0.1) is 0 Å². The van der Waals surface area contributed by atoms with Gasteiger partial charge in [-0.2, -0.15) is 0 Å². The highest BCUT2D eigenvalue weighted by Crippen LogP contribution is 2.60. The second kappa shape index (κ2) is 8.86. The first-order valence-electron chi connectivity index (χ1n) is 11.3. The van der Waals surface area contributed by atoms with Crippen LogP contribution in [0.4, 0.5) is 0 Å². The van der Waals surface area contributed by atoms with Gasteiger partial charge < -0.3 is 9.47 Å². The van der Waals surface area contributed by atoms with Crippen molar-refractivity contribution < 1.29 is 19.1 Å². The fourth-order valence-corrected chi connectivity index (χ4v) is 5.86. The van der Waals surface area contributed by atoms with Crippen LogP contribution in [-0.4, -0.2) is 24.1 Å². The van der Waals surface area contributed by atoms with Gasteiger partial charge >= 0.3 is 11.9 Å². The zero-order chi connectivity index (χ0) is 22.1. The van der Waals surface area contributed by atoms with Crippen molar-refractivity contribution in [3.05, 3.63) is 71.3 Å². The van der Waals surface area contributed by atoms with E-state index in [1.807, 2.05) is 44.2 Å². The summed E-state index contributed by atoms with van der Waals surface area (Å²) in [5.41, 5.74) is 3.02. The number of hydrogen-bond acceptors (Lipinski definition) is 4. The molecular formula is C27H32O4. The molecule has 0 N–H and O–H groups in total. The minimum Gasteiger partial charge on any atom is -0.455 e. The molecule has 0 aromatic heterocycles. The van der Waals surface area contributed by atoms with Crippen molar-refractivity contribution >= 4 is 11.9 Å². The van der Waals surface area contributed by atoms with Crippen LogP contribution in [0.15, 0.2) is 60.2 Å². The quantitative estimate of drug-likeness (QED) is 0.343. The summed E-state index contributed by atoms with van der Waals surface area (Å²) in [4.78, 5) is 25.7. The molecule has 1 aromatic rings. The number of carbonyl (C=O) groups excluding carboxylic acids is 2. The van der Waals surface area contributed by atoms with Crippen LogP contribution in [0.1, 0.15) is 55.5 Å². The third-order valence-corrected chi connectivity index (χ3v) is 7.21. The number of allylic oxidation sites excluding steroid dienone is 4. The molecular weight excluding hydrogens is 388 g/mol. The average molecular weight is 421 g/mol. The van der Waals surface area contributed by atoms with E-state index in [9.17, 15) is 9.59 Å². The summed E-state index contributed by atoms with van der Waals surface area (Å²) in [6.45, 7) is 9.44. The molecule has 1 aromatic carbocycles. The van der Waals surface area contributed by atoms with Crippen LogP contribution in [0.25, 0.3) is 0 Å². The van der Waals surface area contributed by atoms with E-state index < -0.39 is 0 Å². The highest BCUT2D eigenvalue weighted by molar-refractivity contribution is 5.90. The van der Waals surface area contributed by atoms with Gasteiger partial charge in [0.05, 0.1) is 5.56 Å². The van der Waals surface area contributed by atoms with Crippen LogP contribution < -0.4 is 0 Å². The molecule has 0 aliphatic heterocycles. The topological polar surface area (TPSA) is 52.6 Å². The molecule has 6 atom stereocenters. The first kappa shape index (κ1) is 21.6. The summed E-state index contributed by atoms with van der Waals surface area (Å²) in [7, 11) is 0. The Morgan fingerprint density at radius 3 is 2.61 bits per heavy atom.